The summed E-state index contributed by atoms with van der Waals surface area (Å²) in [5.41, 5.74) is 4.94. The highest BCUT2D eigenvalue weighted by molar-refractivity contribution is 6.32. The average molecular weight is 343 g/mol. The lowest BCUT2D eigenvalue weighted by molar-refractivity contribution is 0.236. The van der Waals surface area contributed by atoms with Gasteiger partial charge in [-0.05, 0) is 25.0 Å². The van der Waals surface area contributed by atoms with Gasteiger partial charge in [0.25, 0.3) is 5.56 Å². The first-order valence-corrected chi connectivity index (χ1v) is 8.45. The minimum absolute atomic E-state index is 0.0323. The fraction of sp³-hybridized carbons (Fsp3) is 0.333. The Balaban J connectivity index is 1.67. The van der Waals surface area contributed by atoms with E-state index in [-0.39, 0.29) is 5.56 Å². The van der Waals surface area contributed by atoms with Crippen molar-refractivity contribution in [1.29, 1.82) is 0 Å². The fourth-order valence-corrected chi connectivity index (χ4v) is 3.71. The molecule has 0 spiro atoms. The molecule has 1 aliphatic heterocycles. The molecule has 4 rings (SSSR count). The summed E-state index contributed by atoms with van der Waals surface area (Å²) >= 11 is 6.58. The predicted molar refractivity (Wildman–Crippen MR) is 95.3 cm³/mol. The van der Waals surface area contributed by atoms with Crippen LogP contribution < -0.4 is 5.56 Å². The Labute approximate surface area is 144 Å². The molecule has 0 fully saturated rings. The van der Waals surface area contributed by atoms with Crippen LogP contribution in [-0.2, 0) is 26.6 Å². The number of hydrogen-bond donors (Lipinski definition) is 1. The van der Waals surface area contributed by atoms with Crippen molar-refractivity contribution < 1.29 is 0 Å². The molecule has 3 heterocycles. The van der Waals surface area contributed by atoms with Crippen LogP contribution in [0.25, 0.3) is 10.9 Å². The number of fused-ring (bicyclic) bond motifs is 2. The molecule has 124 valence electrons. The second kappa shape index (κ2) is 5.76. The third-order valence-corrected chi connectivity index (χ3v) is 5.37. The number of hydrogen-bond acceptors (Lipinski definition) is 3. The largest absolute Gasteiger partial charge is 0.291 e. The van der Waals surface area contributed by atoms with Crippen LogP contribution in [0.3, 0.4) is 0 Å². The summed E-state index contributed by atoms with van der Waals surface area (Å²) in [7, 11) is 1.88. The fourth-order valence-electron chi connectivity index (χ4n) is 3.51. The number of rotatable bonds is 2. The van der Waals surface area contributed by atoms with Crippen LogP contribution in [0, 0.1) is 6.92 Å². The Morgan fingerprint density at radius 2 is 2.12 bits per heavy atom. The van der Waals surface area contributed by atoms with E-state index in [2.05, 4.69) is 16.1 Å². The van der Waals surface area contributed by atoms with E-state index in [1.807, 2.05) is 36.9 Å². The quantitative estimate of drug-likeness (QED) is 0.779. The summed E-state index contributed by atoms with van der Waals surface area (Å²) in [6.07, 6.45) is 0.760. The summed E-state index contributed by atoms with van der Waals surface area (Å²) in [6.45, 7) is 4.29. The van der Waals surface area contributed by atoms with Crippen molar-refractivity contribution >= 4 is 22.5 Å². The van der Waals surface area contributed by atoms with Crippen LogP contribution >= 0.6 is 11.6 Å². The molecule has 0 bridgehead atoms. The first kappa shape index (κ1) is 15.4. The van der Waals surface area contributed by atoms with Crippen molar-refractivity contribution in [2.45, 2.75) is 26.4 Å². The molecule has 0 saturated heterocycles. The van der Waals surface area contributed by atoms with E-state index < -0.39 is 0 Å². The third kappa shape index (κ3) is 2.44. The van der Waals surface area contributed by atoms with Crippen LogP contribution in [0.2, 0.25) is 5.02 Å². The number of benzene rings is 1. The Morgan fingerprint density at radius 3 is 2.96 bits per heavy atom. The van der Waals surface area contributed by atoms with Gasteiger partial charge < -0.3 is 0 Å². The van der Waals surface area contributed by atoms with E-state index >= 15 is 0 Å². The molecule has 1 N–H and O–H groups in total. The molecule has 1 aromatic carbocycles. The van der Waals surface area contributed by atoms with Gasteiger partial charge in [0.2, 0.25) is 0 Å². The summed E-state index contributed by atoms with van der Waals surface area (Å²) in [6, 6.07) is 8.07. The van der Waals surface area contributed by atoms with Crippen molar-refractivity contribution in [3.8, 4) is 0 Å². The van der Waals surface area contributed by atoms with Crippen LogP contribution in [0.15, 0.2) is 29.1 Å². The van der Waals surface area contributed by atoms with Gasteiger partial charge in [-0.3, -0.25) is 19.5 Å². The smallest absolute Gasteiger partial charge is 0.267 e. The molecular formula is C18H19ClN4O. The molecule has 3 aromatic rings. The SMILES string of the molecule is Cc1c(Cl)c(CN2CCc3c(n(C)[nH]c3=O)C2)nc2ccccc12. The minimum Gasteiger partial charge on any atom is -0.291 e. The molecule has 0 unspecified atom stereocenters. The highest BCUT2D eigenvalue weighted by Gasteiger charge is 2.23. The van der Waals surface area contributed by atoms with Crippen LogP contribution in [-0.4, -0.2) is 26.2 Å². The number of nitrogens with zero attached hydrogens (tertiary/aromatic N) is 3. The third-order valence-electron chi connectivity index (χ3n) is 4.87. The molecular weight excluding hydrogens is 324 g/mol. The molecule has 1 aliphatic rings. The lowest BCUT2D eigenvalue weighted by atomic mass is 10.1. The Morgan fingerprint density at radius 1 is 1.33 bits per heavy atom. The summed E-state index contributed by atoms with van der Waals surface area (Å²) < 4.78 is 1.82. The van der Waals surface area contributed by atoms with Crippen LogP contribution in [0.4, 0.5) is 0 Å². The van der Waals surface area contributed by atoms with Crippen molar-refractivity contribution in [2.75, 3.05) is 6.54 Å². The van der Waals surface area contributed by atoms with Gasteiger partial charge in [0.15, 0.2) is 0 Å². The predicted octanol–water partition coefficient (Wildman–Crippen LogP) is 2.78. The summed E-state index contributed by atoms with van der Waals surface area (Å²) in [4.78, 5) is 18.9. The highest BCUT2D eigenvalue weighted by atomic mass is 35.5. The Kier molecular flexibility index (Phi) is 3.70. The molecule has 5 nitrogen and oxygen atoms in total. The first-order valence-electron chi connectivity index (χ1n) is 8.07. The van der Waals surface area contributed by atoms with E-state index in [0.717, 1.165) is 58.0 Å². The van der Waals surface area contributed by atoms with Gasteiger partial charge in [0, 0.05) is 37.6 Å². The number of aromatic amines is 1. The lowest BCUT2D eigenvalue weighted by Crippen LogP contribution is -2.32. The second-order valence-electron chi connectivity index (χ2n) is 6.40. The van der Waals surface area contributed by atoms with Crippen molar-refractivity contribution in [2.24, 2.45) is 7.05 Å². The van der Waals surface area contributed by atoms with E-state index in [1.165, 1.54) is 0 Å². The van der Waals surface area contributed by atoms with Crippen LogP contribution in [0.5, 0.6) is 0 Å². The standard InChI is InChI=1S/C18H19ClN4O/c1-11-12-5-3-4-6-14(12)20-15(17(11)19)9-23-8-7-13-16(10-23)22(2)21-18(13)24/h3-6H,7-10H2,1-2H3,(H,21,24). The summed E-state index contributed by atoms with van der Waals surface area (Å²) in [5, 5.41) is 4.68. The highest BCUT2D eigenvalue weighted by Crippen LogP contribution is 2.28. The number of pyridine rings is 1. The van der Waals surface area contributed by atoms with Gasteiger partial charge in [0.05, 0.1) is 21.9 Å². The van der Waals surface area contributed by atoms with Gasteiger partial charge in [0.1, 0.15) is 0 Å². The number of H-pyrrole nitrogens is 1. The topological polar surface area (TPSA) is 53.9 Å². The van der Waals surface area contributed by atoms with E-state index in [0.29, 0.717) is 6.54 Å². The number of aryl methyl sites for hydroxylation is 2. The van der Waals surface area contributed by atoms with Crippen molar-refractivity contribution in [1.82, 2.24) is 19.7 Å². The molecule has 0 saturated carbocycles. The lowest BCUT2D eigenvalue weighted by Gasteiger charge is -2.27. The number of aromatic nitrogens is 3. The van der Waals surface area contributed by atoms with E-state index in [9.17, 15) is 4.79 Å². The zero-order valence-electron chi connectivity index (χ0n) is 13.8. The average Bonchev–Trinajstić information content (AvgIpc) is 2.86. The maximum absolute atomic E-state index is 11.9. The summed E-state index contributed by atoms with van der Waals surface area (Å²) in [5.74, 6) is 0. The molecule has 2 aromatic heterocycles. The monoisotopic (exact) mass is 342 g/mol. The van der Waals surface area contributed by atoms with Gasteiger partial charge in [-0.25, -0.2) is 4.98 Å². The zero-order chi connectivity index (χ0) is 16.8. The molecule has 0 atom stereocenters. The molecule has 0 radical (unpaired) electrons. The molecule has 6 heteroatoms. The number of para-hydroxylation sites is 1. The van der Waals surface area contributed by atoms with Gasteiger partial charge in [-0.1, -0.05) is 29.8 Å². The Bertz CT molecular complexity index is 989. The normalized spacial score (nSPS) is 15.0. The maximum Gasteiger partial charge on any atom is 0.267 e. The first-order chi connectivity index (χ1) is 11.5. The van der Waals surface area contributed by atoms with Crippen molar-refractivity contribution in [3.05, 3.63) is 62.2 Å². The van der Waals surface area contributed by atoms with Crippen LogP contribution in [0.1, 0.15) is 22.5 Å². The molecule has 0 aliphatic carbocycles. The van der Waals surface area contributed by atoms with E-state index in [1.54, 1.807) is 0 Å². The zero-order valence-corrected chi connectivity index (χ0v) is 14.5. The number of nitrogens with one attached hydrogen (secondary N) is 1. The second-order valence-corrected chi connectivity index (χ2v) is 6.78. The Hall–Kier alpha value is -2.11. The molecule has 24 heavy (non-hydrogen) atoms. The minimum atomic E-state index is 0.0323. The molecule has 0 amide bonds. The van der Waals surface area contributed by atoms with Gasteiger partial charge >= 0.3 is 0 Å². The van der Waals surface area contributed by atoms with Crippen molar-refractivity contribution in [3.63, 3.8) is 0 Å². The van der Waals surface area contributed by atoms with Gasteiger partial charge in [-0.15, -0.1) is 0 Å². The maximum atomic E-state index is 11.9. The van der Waals surface area contributed by atoms with Gasteiger partial charge in [-0.2, -0.15) is 0 Å². The number of halogens is 1. The van der Waals surface area contributed by atoms with E-state index in [4.69, 9.17) is 16.6 Å².